The molecule has 10 heteroatoms. The van der Waals surface area contributed by atoms with Gasteiger partial charge in [0.25, 0.3) is 0 Å². The van der Waals surface area contributed by atoms with Crippen LogP contribution in [-0.4, -0.2) is 50.6 Å². The molecule has 8 nitrogen and oxygen atoms in total. The topological polar surface area (TPSA) is 95.5 Å². The number of hydrogen-bond donors (Lipinski definition) is 1. The fraction of sp³-hybridized carbons (Fsp3) is 0.327. The molecule has 0 radical (unpaired) electrons. The van der Waals surface area contributed by atoms with Crippen LogP contribution in [0.4, 0.5) is 0 Å². The first-order chi connectivity index (χ1) is 29.0. The maximum Gasteiger partial charge on any atom is 0.250 e. The fourth-order valence-electron chi connectivity index (χ4n) is 9.01. The Morgan fingerprint density at radius 2 is 1.10 bits per heavy atom. The van der Waals surface area contributed by atoms with Crippen molar-refractivity contribution in [1.29, 1.82) is 0 Å². The summed E-state index contributed by atoms with van der Waals surface area (Å²) in [5.41, 5.74) is 6.33. The van der Waals surface area contributed by atoms with Crippen LogP contribution >= 0.6 is 22.7 Å². The third-order valence-corrected chi connectivity index (χ3v) is 14.5. The van der Waals surface area contributed by atoms with E-state index in [2.05, 4.69) is 53.8 Å². The molecule has 2 aliphatic heterocycles. The summed E-state index contributed by atoms with van der Waals surface area (Å²) in [5.74, 6) is 0.0739. The molecular formula is C49H49N5O3S2. The summed E-state index contributed by atoms with van der Waals surface area (Å²) in [4.78, 5) is 56.8. The van der Waals surface area contributed by atoms with Crippen molar-refractivity contribution in [2.45, 2.75) is 82.3 Å². The molecular weight excluding hydrogens is 771 g/mol. The van der Waals surface area contributed by atoms with Gasteiger partial charge >= 0.3 is 0 Å². The summed E-state index contributed by atoms with van der Waals surface area (Å²) in [7, 11) is 0. The number of hydrogen-bond acceptors (Lipinski definition) is 7. The highest BCUT2D eigenvalue weighted by Gasteiger charge is 2.38. The molecule has 300 valence electrons. The van der Waals surface area contributed by atoms with Gasteiger partial charge in [-0.3, -0.25) is 14.4 Å². The van der Waals surface area contributed by atoms with E-state index in [0.29, 0.717) is 13.0 Å². The van der Waals surface area contributed by atoms with Crippen molar-refractivity contribution in [1.82, 2.24) is 25.1 Å². The molecule has 3 aliphatic rings. The average molecular weight is 820 g/mol. The van der Waals surface area contributed by atoms with Crippen LogP contribution < -0.4 is 5.32 Å². The Hall–Kier alpha value is -5.45. The van der Waals surface area contributed by atoms with Crippen LogP contribution in [0.5, 0.6) is 0 Å². The van der Waals surface area contributed by atoms with E-state index < -0.39 is 6.04 Å². The van der Waals surface area contributed by atoms with Crippen molar-refractivity contribution in [2.75, 3.05) is 13.1 Å². The number of rotatable bonds is 11. The van der Waals surface area contributed by atoms with E-state index in [-0.39, 0.29) is 35.7 Å². The van der Waals surface area contributed by atoms with Gasteiger partial charge in [0.15, 0.2) is 0 Å². The fourth-order valence-corrected chi connectivity index (χ4v) is 11.2. The normalized spacial score (nSPS) is 18.8. The number of likely N-dealkylation sites (tertiary alicyclic amines) is 2. The van der Waals surface area contributed by atoms with Crippen LogP contribution in [0.3, 0.4) is 0 Å². The highest BCUT2D eigenvalue weighted by Crippen LogP contribution is 2.41. The monoisotopic (exact) mass is 819 g/mol. The van der Waals surface area contributed by atoms with Gasteiger partial charge in [-0.15, -0.1) is 22.7 Å². The predicted molar refractivity (Wildman–Crippen MR) is 236 cm³/mol. The van der Waals surface area contributed by atoms with Gasteiger partial charge in [0, 0.05) is 31.4 Å². The molecule has 59 heavy (non-hydrogen) atoms. The van der Waals surface area contributed by atoms with Crippen molar-refractivity contribution in [2.24, 2.45) is 5.92 Å². The minimum absolute atomic E-state index is 0.00629. The minimum Gasteiger partial charge on any atom is -0.340 e. The molecule has 3 fully saturated rings. The van der Waals surface area contributed by atoms with Crippen LogP contribution in [-0.2, 0) is 20.8 Å². The number of aromatic nitrogens is 2. The van der Waals surface area contributed by atoms with Crippen LogP contribution in [0, 0.1) is 5.92 Å². The maximum atomic E-state index is 14.3. The Bertz CT molecular complexity index is 2370. The largest absolute Gasteiger partial charge is 0.340 e. The molecule has 2 saturated heterocycles. The van der Waals surface area contributed by atoms with Gasteiger partial charge in [0.05, 0.1) is 28.3 Å². The number of carbonyl (C=O) groups excluding carboxylic acids is 3. The highest BCUT2D eigenvalue weighted by molar-refractivity contribution is 7.15. The third kappa shape index (κ3) is 8.66. The maximum absolute atomic E-state index is 14.3. The molecule has 3 amide bonds. The molecule has 1 aliphatic carbocycles. The zero-order valence-electron chi connectivity index (χ0n) is 33.2. The number of amides is 3. The Labute approximate surface area is 354 Å². The highest BCUT2D eigenvalue weighted by atomic mass is 32.1. The molecule has 0 unspecified atom stereocenters. The second-order valence-corrected chi connectivity index (χ2v) is 18.2. The molecule has 2 aromatic heterocycles. The van der Waals surface area contributed by atoms with Crippen molar-refractivity contribution in [3.05, 3.63) is 143 Å². The van der Waals surface area contributed by atoms with Crippen molar-refractivity contribution in [3.8, 4) is 32.0 Å². The quantitative estimate of drug-likeness (QED) is 0.140. The van der Waals surface area contributed by atoms with E-state index in [4.69, 9.17) is 9.97 Å². The second-order valence-electron chi connectivity index (χ2n) is 16.1. The summed E-state index contributed by atoms with van der Waals surface area (Å²) in [5, 5.41) is 5.11. The number of thiazole rings is 2. The Kier molecular flexibility index (Phi) is 11.8. The van der Waals surface area contributed by atoms with Crippen molar-refractivity contribution < 1.29 is 14.4 Å². The zero-order valence-corrected chi connectivity index (χ0v) is 34.8. The van der Waals surface area contributed by atoms with Gasteiger partial charge in [-0.05, 0) is 71.9 Å². The first-order valence-electron chi connectivity index (χ1n) is 21.1. The molecule has 1 N–H and O–H groups in total. The van der Waals surface area contributed by atoms with Gasteiger partial charge in [-0.25, -0.2) is 9.97 Å². The first-order valence-corrected chi connectivity index (χ1v) is 22.7. The summed E-state index contributed by atoms with van der Waals surface area (Å²) in [6, 6.07) is 36.1. The molecule has 0 spiro atoms. The lowest BCUT2D eigenvalue weighted by Gasteiger charge is -2.30. The Balaban J connectivity index is 0.849. The van der Waals surface area contributed by atoms with E-state index in [1.165, 1.54) is 6.42 Å². The number of nitrogens with zero attached hydrogens (tertiary/aromatic N) is 4. The van der Waals surface area contributed by atoms with E-state index in [1.54, 1.807) is 22.7 Å². The number of benzene rings is 4. The van der Waals surface area contributed by atoms with Gasteiger partial charge in [0.2, 0.25) is 17.7 Å². The molecule has 0 bridgehead atoms. The van der Waals surface area contributed by atoms with Gasteiger partial charge in [0.1, 0.15) is 16.1 Å². The first kappa shape index (κ1) is 39.0. The van der Waals surface area contributed by atoms with Crippen LogP contribution in [0.25, 0.3) is 32.0 Å². The van der Waals surface area contributed by atoms with Crippen molar-refractivity contribution in [3.63, 3.8) is 0 Å². The van der Waals surface area contributed by atoms with Crippen LogP contribution in [0.2, 0.25) is 0 Å². The van der Waals surface area contributed by atoms with Gasteiger partial charge < -0.3 is 15.1 Å². The second kappa shape index (κ2) is 17.8. The minimum atomic E-state index is -0.711. The summed E-state index contributed by atoms with van der Waals surface area (Å²) < 4.78 is 0. The molecule has 4 aromatic carbocycles. The van der Waals surface area contributed by atoms with Crippen LogP contribution in [0.15, 0.2) is 122 Å². The number of carbonyl (C=O) groups is 3. The van der Waals surface area contributed by atoms with E-state index in [9.17, 15) is 14.4 Å². The summed E-state index contributed by atoms with van der Waals surface area (Å²) in [6.45, 7) is 1.43. The lowest BCUT2D eigenvalue weighted by molar-refractivity contribution is -0.138. The predicted octanol–water partition coefficient (Wildman–Crippen LogP) is 10.6. The molecule has 6 aromatic rings. The molecule has 1 saturated carbocycles. The standard InChI is InChI=1S/C49H49N5O3S2/c55-44(30-33-12-4-1-5-13-33)53-28-10-18-40(53)47-50-31-42(58-47)36-24-20-34(21-25-36)35-22-26-37(27-23-35)43-32-51-48(59-43)41-19-11-29-54(41)49(57)45(38-14-6-2-7-15-38)52-46(56)39-16-8-3-9-17-39/h1-2,4-7,12-15,20-27,31-32,39-41,45H,3,8-11,16-19,28-30H2,(H,52,56)/t40-,41-,45-/m0/s1. The lowest BCUT2D eigenvalue weighted by Crippen LogP contribution is -2.44. The molecule has 4 heterocycles. The summed E-state index contributed by atoms with van der Waals surface area (Å²) >= 11 is 3.33. The third-order valence-electron chi connectivity index (χ3n) is 12.2. The smallest absolute Gasteiger partial charge is 0.250 e. The number of nitrogens with one attached hydrogen (secondary N) is 1. The Morgan fingerprint density at radius 3 is 1.68 bits per heavy atom. The van der Waals surface area contributed by atoms with E-state index in [0.717, 1.165) is 111 Å². The lowest BCUT2D eigenvalue weighted by atomic mass is 9.88. The molecule has 9 rings (SSSR count). The average Bonchev–Trinajstić information content (AvgIpc) is 4.14. The Morgan fingerprint density at radius 1 is 0.593 bits per heavy atom. The zero-order chi connectivity index (χ0) is 40.1. The SMILES string of the molecule is O=C(N[C@H](C(=O)N1CCC[C@H]1c1ncc(-c2ccc(-c3ccc(-c4cnc([C@@H]5CCCN5C(=O)Cc5ccccc5)s4)cc3)cc2)s1)c1ccccc1)C1CCCCC1. The van der Waals surface area contributed by atoms with Crippen molar-refractivity contribution >= 4 is 40.4 Å². The van der Waals surface area contributed by atoms with Crippen LogP contribution in [0.1, 0.15) is 97.1 Å². The molecule has 3 atom stereocenters. The van der Waals surface area contributed by atoms with Gasteiger partial charge in [-0.1, -0.05) is 128 Å². The van der Waals surface area contributed by atoms with E-state index in [1.807, 2.05) is 82.9 Å². The van der Waals surface area contributed by atoms with E-state index >= 15 is 0 Å². The summed E-state index contributed by atoms with van der Waals surface area (Å²) in [6.07, 6.45) is 13.1. The van der Waals surface area contributed by atoms with Gasteiger partial charge in [-0.2, -0.15) is 0 Å².